The number of rotatable bonds is 14. The number of ether oxygens (including phenoxy) is 2. The second-order valence-electron chi connectivity index (χ2n) is 13.6. The van der Waals surface area contributed by atoms with E-state index in [1.807, 2.05) is 0 Å². The first-order valence-corrected chi connectivity index (χ1v) is 20.6. The van der Waals surface area contributed by atoms with Gasteiger partial charge in [0.15, 0.2) is 28.0 Å². The van der Waals surface area contributed by atoms with Crippen LogP contribution in [0.25, 0.3) is 5.65 Å². The Hall–Kier alpha value is -5.06. The first-order chi connectivity index (χ1) is 29.2. The van der Waals surface area contributed by atoms with E-state index in [1.54, 1.807) is 13.0 Å². The summed E-state index contributed by atoms with van der Waals surface area (Å²) in [5.41, 5.74) is 7.75. The van der Waals surface area contributed by atoms with Gasteiger partial charge in [0.2, 0.25) is 5.60 Å². The minimum Gasteiger partial charge on any atom is -0.545 e. The average molecular weight is 955 g/mol. The molecule has 0 bridgehead atoms. The number of benzene rings is 1. The third-order valence-corrected chi connectivity index (χ3v) is 11.7. The Morgan fingerprint density at radius 1 is 1.00 bits per heavy atom. The van der Waals surface area contributed by atoms with Gasteiger partial charge in [-0.2, -0.15) is 5.10 Å². The van der Waals surface area contributed by atoms with Crippen molar-refractivity contribution in [2.24, 2.45) is 5.16 Å². The zero-order chi connectivity index (χ0) is 45.2. The molecule has 0 radical (unpaired) electrons. The number of aromatic carboxylic acids is 1. The molecule has 5 N–H and O–H groups in total. The molecule has 1 unspecified atom stereocenters. The van der Waals surface area contributed by atoms with Crippen LogP contribution >= 0.6 is 34.9 Å². The van der Waals surface area contributed by atoms with Crippen LogP contribution in [-0.4, -0.2) is 106 Å². The number of oxime groups is 1. The number of thioether (sulfide) groups is 2. The van der Waals surface area contributed by atoms with Gasteiger partial charge in [0, 0.05) is 42.0 Å². The van der Waals surface area contributed by atoms with E-state index in [0.717, 1.165) is 65.9 Å². The molecule has 28 heteroatoms. The van der Waals surface area contributed by atoms with Crippen molar-refractivity contribution in [3.05, 3.63) is 69.6 Å². The minimum atomic E-state index is -1.89. The summed E-state index contributed by atoms with van der Waals surface area (Å²) in [6.07, 6.45) is 1.09. The van der Waals surface area contributed by atoms with Gasteiger partial charge in [0.1, 0.15) is 22.1 Å². The number of carboxylic acid groups (broad SMARTS) is 2. The Kier molecular flexibility index (Phi) is 17.2. The predicted octanol–water partition coefficient (Wildman–Crippen LogP) is -7.54. The Balaban J connectivity index is 0.00000449. The number of carbonyl (C=O) groups excluding carboxylic acids is 8. The van der Waals surface area contributed by atoms with Crippen molar-refractivity contribution in [2.75, 3.05) is 17.2 Å². The molecule has 6 rings (SSSR count). The van der Waals surface area contributed by atoms with E-state index in [1.165, 1.54) is 35.9 Å². The molecular weight excluding hydrogens is 923 g/mol. The van der Waals surface area contributed by atoms with Gasteiger partial charge in [-0.15, -0.1) is 34.9 Å². The van der Waals surface area contributed by atoms with Gasteiger partial charge >= 0.3 is 71.1 Å². The summed E-state index contributed by atoms with van der Waals surface area (Å²) < 4.78 is 11.3. The van der Waals surface area contributed by atoms with Crippen molar-refractivity contribution in [1.29, 1.82) is 0 Å². The average Bonchev–Trinajstić information content (AvgIpc) is 3.84. The molecule has 0 spiro atoms. The predicted molar refractivity (Wildman–Crippen MR) is 213 cm³/mol. The van der Waals surface area contributed by atoms with Crippen LogP contribution in [0.2, 0.25) is 0 Å². The summed E-state index contributed by atoms with van der Waals surface area (Å²) in [7, 11) is 0. The van der Waals surface area contributed by atoms with Crippen LogP contribution in [0.15, 0.2) is 57.3 Å². The normalized spacial score (nSPS) is 15.7. The topological polar surface area (TPSA) is 331 Å². The smallest absolute Gasteiger partial charge is 0.545 e. The number of carbonyl (C=O) groups is 8. The summed E-state index contributed by atoms with van der Waals surface area (Å²) in [6, 6.07) is 3.93. The number of hydrazine groups is 1. The first kappa shape index (κ1) is 51.6. The molecule has 2 atom stereocenters. The Morgan fingerprint density at radius 2 is 1.69 bits per heavy atom. The molecule has 1 saturated heterocycles. The second kappa shape index (κ2) is 21.3. The maximum absolute atomic E-state index is 13.7. The monoisotopic (exact) mass is 954 g/mol. The number of thiazole rings is 1. The zero-order valence-corrected chi connectivity index (χ0v) is 41.3. The Bertz CT molecular complexity index is 2650. The molecule has 5 heterocycles. The quantitative estimate of drug-likeness (QED) is 0.0133. The maximum Gasteiger partial charge on any atom is 1.00 e. The summed E-state index contributed by atoms with van der Waals surface area (Å²) in [6.45, 7) is 6.37. The molecule has 2 aliphatic rings. The molecule has 64 heavy (non-hydrogen) atoms. The number of β-lactam (4-membered cyclic amide) rings is 1. The van der Waals surface area contributed by atoms with Gasteiger partial charge in [0.25, 0.3) is 23.6 Å². The molecule has 4 amide bonds. The van der Waals surface area contributed by atoms with E-state index < -0.39 is 70.2 Å². The Labute approximate surface area is 418 Å². The van der Waals surface area contributed by atoms with Crippen LogP contribution in [0.3, 0.4) is 0 Å². The number of nitrogens with zero attached hydrogens (tertiary/aromatic N) is 6. The fraction of sp³-hybridized carbons (Fsp3) is 0.278. The van der Waals surface area contributed by atoms with Crippen LogP contribution in [0.5, 0.6) is 11.5 Å². The maximum atomic E-state index is 13.7. The molecule has 324 valence electrons. The van der Waals surface area contributed by atoms with E-state index in [2.05, 4.69) is 36.4 Å². The van der Waals surface area contributed by atoms with Gasteiger partial charge in [0.05, 0.1) is 29.4 Å². The number of hydrogen-bond donors (Lipinski definition) is 4. The summed E-state index contributed by atoms with van der Waals surface area (Å²) in [5.74, 6) is -8.41. The number of nitrogens with two attached hydrogens (primary N) is 1. The van der Waals surface area contributed by atoms with E-state index in [0.29, 0.717) is 16.3 Å². The van der Waals surface area contributed by atoms with Crippen LogP contribution in [0, 0.1) is 6.92 Å². The summed E-state index contributed by atoms with van der Waals surface area (Å²) in [5, 5.41) is 35.4. The molecule has 23 nitrogen and oxygen atoms in total. The first-order valence-electron chi connectivity index (χ1n) is 17.7. The van der Waals surface area contributed by atoms with Crippen molar-refractivity contribution in [3.8, 4) is 11.5 Å². The van der Waals surface area contributed by atoms with Crippen molar-refractivity contribution in [2.45, 2.75) is 56.7 Å². The summed E-state index contributed by atoms with van der Waals surface area (Å²) >= 11 is 3.24. The van der Waals surface area contributed by atoms with E-state index in [9.17, 15) is 48.6 Å². The number of aromatic nitrogens is 4. The van der Waals surface area contributed by atoms with Gasteiger partial charge < -0.3 is 45.2 Å². The summed E-state index contributed by atoms with van der Waals surface area (Å²) in [4.78, 5) is 115. The Morgan fingerprint density at radius 3 is 2.31 bits per heavy atom. The van der Waals surface area contributed by atoms with Crippen molar-refractivity contribution < 1.29 is 122 Å². The SMILES string of the molecule is CC(=O)Oc1ccc(C(=O)NNC(=O)C(C)(C)ON=C(C(=O)NC2C(=O)N3C(C(=O)[O-])=C(CSc4cc(C)nc5c(C(=O)[O-])cnn45)CS[C@@H]23)c2csc(N)n2)cc1OC(C)=O.[Na+].[Na+]. The number of carboxylic acids is 2. The molecule has 1 aromatic carbocycles. The number of esters is 2. The second-order valence-corrected chi connectivity index (χ2v) is 16.6. The molecular formula is C36H32N10Na2O13S3. The molecule has 3 aromatic heterocycles. The van der Waals surface area contributed by atoms with Crippen LogP contribution in [0.4, 0.5) is 5.13 Å². The van der Waals surface area contributed by atoms with Gasteiger partial charge in [-0.05, 0) is 50.6 Å². The number of nitrogens with one attached hydrogen (secondary N) is 3. The standard InChI is InChI=1S/C36H34N10O13S3.2Na/c1-14-8-23(46-27(39-14)19(10-38-46)32(52)53)60-11-18-12-61-31-25(30(51)45(31)26(18)33(54)55)41-29(50)24(20-13-62-35(37)40-20)44-59-36(4,5)34(56)43-42-28(49)17-6-7-21(57-15(2)47)22(9-17)58-16(3)48;;/h6-10,13,25,31H,11-12H2,1-5H3,(H2,37,40)(H,41,50)(H,42,49)(H,43,56)(H,52,53)(H,54,55);;/q;2*+1/p-2/t25?,31-;;/m0../s1. The number of aryl methyl sites for hydroxylation is 1. The van der Waals surface area contributed by atoms with Crippen molar-refractivity contribution in [3.63, 3.8) is 0 Å². The van der Waals surface area contributed by atoms with Crippen LogP contribution < -0.4 is 101 Å². The molecule has 2 aliphatic heterocycles. The molecule has 1 fully saturated rings. The fourth-order valence-corrected chi connectivity index (χ4v) is 8.81. The third kappa shape index (κ3) is 11.4. The van der Waals surface area contributed by atoms with Crippen LogP contribution in [-0.2, 0) is 33.6 Å². The minimum absolute atomic E-state index is 0. The van der Waals surface area contributed by atoms with E-state index >= 15 is 0 Å². The van der Waals surface area contributed by atoms with Crippen molar-refractivity contribution in [1.82, 2.24) is 40.7 Å². The largest absolute Gasteiger partial charge is 1.00 e. The number of nitrogen functional groups attached to an aromatic ring is 1. The molecule has 0 saturated carbocycles. The van der Waals surface area contributed by atoms with E-state index in [-0.39, 0.29) is 115 Å². The molecule has 0 aliphatic carbocycles. The van der Waals surface area contributed by atoms with Gasteiger partial charge in [-0.25, -0.2) is 14.5 Å². The van der Waals surface area contributed by atoms with E-state index in [4.69, 9.17) is 20.0 Å². The van der Waals surface area contributed by atoms with Gasteiger partial charge in [-0.3, -0.25) is 44.5 Å². The van der Waals surface area contributed by atoms with Crippen LogP contribution in [0.1, 0.15) is 59.8 Å². The number of hydrogen-bond acceptors (Lipinski definition) is 21. The number of amides is 4. The number of aliphatic carboxylic acids is 1. The van der Waals surface area contributed by atoms with Crippen molar-refractivity contribution >= 4 is 98.9 Å². The molecule has 4 aromatic rings. The van der Waals surface area contributed by atoms with Gasteiger partial charge in [-0.1, -0.05) is 5.16 Å². The zero-order valence-electron chi connectivity index (χ0n) is 34.8. The number of fused-ring (bicyclic) bond motifs is 2. The third-order valence-electron chi connectivity index (χ3n) is 8.60. The number of anilines is 1. The fourth-order valence-electron chi connectivity index (χ4n) is 5.71.